The van der Waals surface area contributed by atoms with Crippen LogP contribution in [0.15, 0.2) is 41.1 Å². The fourth-order valence-electron chi connectivity index (χ4n) is 1.84. The van der Waals surface area contributed by atoms with Crippen LogP contribution in [0.4, 0.5) is 5.69 Å². The van der Waals surface area contributed by atoms with E-state index in [-0.39, 0.29) is 11.9 Å². The van der Waals surface area contributed by atoms with Crippen LogP contribution in [0.1, 0.15) is 22.8 Å². The number of carbonyl (C=O) groups is 1. The second-order valence-electron chi connectivity index (χ2n) is 4.43. The summed E-state index contributed by atoms with van der Waals surface area (Å²) in [6.45, 7) is 2.01. The van der Waals surface area contributed by atoms with Crippen molar-refractivity contribution in [3.63, 3.8) is 0 Å². The minimum Gasteiger partial charge on any atom is -0.349 e. The topological polar surface area (TPSA) is 67.2 Å². The van der Waals surface area contributed by atoms with Gasteiger partial charge in [-0.05, 0) is 60.0 Å². The third-order valence-corrected chi connectivity index (χ3v) is 3.55. The Hall–Kier alpha value is -1.85. The number of nitrogen functional groups attached to an aromatic ring is 1. The Morgan fingerprint density at radius 2 is 2.05 bits per heavy atom. The number of hydrogen-bond acceptors (Lipinski definition) is 4. The molecule has 1 amide bonds. The van der Waals surface area contributed by atoms with E-state index in [1.165, 1.54) is 5.56 Å². The van der Waals surface area contributed by atoms with Crippen molar-refractivity contribution in [2.75, 3.05) is 5.43 Å². The first-order valence-electron chi connectivity index (χ1n) is 6.07. The SMILES string of the molecule is CC(Cc1ccsc1)NC(=O)c1ccc(NN)cc1. The summed E-state index contributed by atoms with van der Waals surface area (Å²) in [6.07, 6.45) is 0.845. The first-order chi connectivity index (χ1) is 9.19. The molecule has 19 heavy (non-hydrogen) atoms. The molecule has 1 atom stereocenters. The van der Waals surface area contributed by atoms with Crippen LogP contribution in [-0.2, 0) is 6.42 Å². The zero-order valence-electron chi connectivity index (χ0n) is 10.7. The predicted molar refractivity (Wildman–Crippen MR) is 79.2 cm³/mol. The molecule has 2 aromatic rings. The van der Waals surface area contributed by atoms with Crippen molar-refractivity contribution in [1.82, 2.24) is 5.32 Å². The highest BCUT2D eigenvalue weighted by Gasteiger charge is 2.10. The lowest BCUT2D eigenvalue weighted by Crippen LogP contribution is -2.33. The van der Waals surface area contributed by atoms with Gasteiger partial charge >= 0.3 is 0 Å². The highest BCUT2D eigenvalue weighted by Crippen LogP contribution is 2.10. The van der Waals surface area contributed by atoms with Gasteiger partial charge in [0.25, 0.3) is 5.91 Å². The molecule has 1 heterocycles. The molecule has 0 saturated carbocycles. The standard InChI is InChI=1S/C14H17N3OS/c1-10(8-11-6-7-19-9-11)16-14(18)12-2-4-13(17-15)5-3-12/h2-7,9-10,17H,8,15H2,1H3,(H,16,18). The molecule has 0 saturated heterocycles. The molecule has 0 radical (unpaired) electrons. The van der Waals surface area contributed by atoms with E-state index in [1.807, 2.05) is 12.3 Å². The molecule has 0 bridgehead atoms. The van der Waals surface area contributed by atoms with Gasteiger partial charge in [-0.15, -0.1) is 0 Å². The summed E-state index contributed by atoms with van der Waals surface area (Å²) >= 11 is 1.67. The normalized spacial score (nSPS) is 11.9. The molecule has 100 valence electrons. The van der Waals surface area contributed by atoms with E-state index in [2.05, 4.69) is 22.2 Å². The van der Waals surface area contributed by atoms with Crippen molar-refractivity contribution >= 4 is 22.9 Å². The number of amides is 1. The van der Waals surface area contributed by atoms with Gasteiger partial charge in [-0.3, -0.25) is 10.6 Å². The van der Waals surface area contributed by atoms with Crippen molar-refractivity contribution in [3.8, 4) is 0 Å². The molecule has 4 N–H and O–H groups in total. The van der Waals surface area contributed by atoms with Crippen LogP contribution in [0.2, 0.25) is 0 Å². The van der Waals surface area contributed by atoms with Gasteiger partial charge in [0.1, 0.15) is 0 Å². The largest absolute Gasteiger partial charge is 0.349 e. The van der Waals surface area contributed by atoms with Crippen LogP contribution in [0.3, 0.4) is 0 Å². The second kappa shape index (κ2) is 6.36. The van der Waals surface area contributed by atoms with E-state index in [0.717, 1.165) is 12.1 Å². The molecule has 2 rings (SSSR count). The van der Waals surface area contributed by atoms with Crippen LogP contribution in [0, 0.1) is 0 Å². The average Bonchev–Trinajstić information content (AvgIpc) is 2.91. The van der Waals surface area contributed by atoms with Gasteiger partial charge in [0, 0.05) is 17.3 Å². The van der Waals surface area contributed by atoms with E-state index in [9.17, 15) is 4.79 Å². The Morgan fingerprint density at radius 1 is 1.32 bits per heavy atom. The molecular weight excluding hydrogens is 258 g/mol. The smallest absolute Gasteiger partial charge is 0.251 e. The Bertz CT molecular complexity index is 522. The lowest BCUT2D eigenvalue weighted by Gasteiger charge is -2.13. The number of hydrogen-bond donors (Lipinski definition) is 3. The zero-order valence-corrected chi connectivity index (χ0v) is 11.5. The number of rotatable bonds is 5. The molecule has 0 aliphatic rings. The number of nitrogens with one attached hydrogen (secondary N) is 2. The molecule has 0 aliphatic heterocycles. The molecular formula is C14H17N3OS. The fraction of sp³-hybridized carbons (Fsp3) is 0.214. The summed E-state index contributed by atoms with van der Waals surface area (Å²) in [4.78, 5) is 12.0. The maximum absolute atomic E-state index is 12.0. The number of carbonyl (C=O) groups excluding carboxylic acids is 1. The molecule has 0 spiro atoms. The minimum absolute atomic E-state index is 0.0636. The van der Waals surface area contributed by atoms with Crippen molar-refractivity contribution in [3.05, 3.63) is 52.2 Å². The number of anilines is 1. The van der Waals surface area contributed by atoms with Crippen molar-refractivity contribution < 1.29 is 4.79 Å². The van der Waals surface area contributed by atoms with E-state index < -0.39 is 0 Å². The van der Waals surface area contributed by atoms with Gasteiger partial charge in [-0.25, -0.2) is 0 Å². The highest BCUT2D eigenvalue weighted by atomic mass is 32.1. The van der Waals surface area contributed by atoms with Gasteiger partial charge in [0.2, 0.25) is 0 Å². The molecule has 1 aromatic carbocycles. The van der Waals surface area contributed by atoms with Crippen molar-refractivity contribution in [2.24, 2.45) is 5.84 Å². The Labute approximate surface area is 116 Å². The summed E-state index contributed by atoms with van der Waals surface area (Å²) in [5.41, 5.74) is 5.20. The number of thiophene rings is 1. The molecule has 0 fully saturated rings. The maximum Gasteiger partial charge on any atom is 0.251 e. The van der Waals surface area contributed by atoms with E-state index >= 15 is 0 Å². The molecule has 1 aromatic heterocycles. The third-order valence-electron chi connectivity index (χ3n) is 2.81. The molecule has 1 unspecified atom stereocenters. The Kier molecular flexibility index (Phi) is 4.54. The zero-order chi connectivity index (χ0) is 13.7. The van der Waals surface area contributed by atoms with Crippen LogP contribution < -0.4 is 16.6 Å². The van der Waals surface area contributed by atoms with E-state index in [0.29, 0.717) is 5.56 Å². The lowest BCUT2D eigenvalue weighted by atomic mass is 10.1. The van der Waals surface area contributed by atoms with Crippen LogP contribution in [0.5, 0.6) is 0 Å². The number of nitrogens with two attached hydrogens (primary N) is 1. The van der Waals surface area contributed by atoms with Gasteiger partial charge in [-0.1, -0.05) is 0 Å². The summed E-state index contributed by atoms with van der Waals surface area (Å²) in [6, 6.07) is 9.24. The quantitative estimate of drug-likeness (QED) is 0.580. The van der Waals surface area contributed by atoms with Crippen LogP contribution in [-0.4, -0.2) is 11.9 Å². The minimum atomic E-state index is -0.0636. The number of benzene rings is 1. The summed E-state index contributed by atoms with van der Waals surface area (Å²) in [5, 5.41) is 7.13. The van der Waals surface area contributed by atoms with Crippen molar-refractivity contribution in [2.45, 2.75) is 19.4 Å². The number of hydrazine groups is 1. The maximum atomic E-state index is 12.0. The van der Waals surface area contributed by atoms with Gasteiger partial charge in [0.05, 0.1) is 0 Å². The van der Waals surface area contributed by atoms with Gasteiger partial charge in [-0.2, -0.15) is 11.3 Å². The summed E-state index contributed by atoms with van der Waals surface area (Å²) in [5.74, 6) is 5.22. The van der Waals surface area contributed by atoms with Crippen LogP contribution in [0.25, 0.3) is 0 Å². The molecule has 0 aliphatic carbocycles. The lowest BCUT2D eigenvalue weighted by molar-refractivity contribution is 0.0940. The Balaban J connectivity index is 1.92. The first kappa shape index (κ1) is 13.6. The Morgan fingerprint density at radius 3 is 2.63 bits per heavy atom. The fourth-order valence-corrected chi connectivity index (χ4v) is 2.52. The third kappa shape index (κ3) is 3.81. The average molecular weight is 275 g/mol. The summed E-state index contributed by atoms with van der Waals surface area (Å²) in [7, 11) is 0. The van der Waals surface area contributed by atoms with Gasteiger partial charge < -0.3 is 10.7 Å². The first-order valence-corrected chi connectivity index (χ1v) is 7.02. The monoisotopic (exact) mass is 275 g/mol. The van der Waals surface area contributed by atoms with Crippen molar-refractivity contribution in [1.29, 1.82) is 0 Å². The predicted octanol–water partition coefficient (Wildman–Crippen LogP) is 2.39. The highest BCUT2D eigenvalue weighted by molar-refractivity contribution is 7.07. The van der Waals surface area contributed by atoms with Crippen LogP contribution >= 0.6 is 11.3 Å². The summed E-state index contributed by atoms with van der Waals surface area (Å²) < 4.78 is 0. The molecule has 4 nitrogen and oxygen atoms in total. The van der Waals surface area contributed by atoms with Gasteiger partial charge in [0.15, 0.2) is 0 Å². The molecule has 5 heteroatoms. The van der Waals surface area contributed by atoms with E-state index in [1.54, 1.807) is 35.6 Å². The van der Waals surface area contributed by atoms with E-state index in [4.69, 9.17) is 5.84 Å². The second-order valence-corrected chi connectivity index (χ2v) is 5.21.